The van der Waals surface area contributed by atoms with Gasteiger partial charge in [0.2, 0.25) is 0 Å². The smallest absolute Gasteiger partial charge is 0.115 e. The molecule has 0 bridgehead atoms. The Labute approximate surface area is 83.6 Å². The van der Waals surface area contributed by atoms with Gasteiger partial charge in [0.05, 0.1) is 6.10 Å². The minimum atomic E-state index is -0.661. The summed E-state index contributed by atoms with van der Waals surface area (Å²) < 4.78 is 0. The number of phenols is 1. The van der Waals surface area contributed by atoms with E-state index in [9.17, 15) is 5.11 Å². The van der Waals surface area contributed by atoms with Gasteiger partial charge >= 0.3 is 0 Å². The minimum Gasteiger partial charge on any atom is -0.508 e. The van der Waals surface area contributed by atoms with Crippen molar-refractivity contribution in [1.82, 2.24) is 0 Å². The molecule has 0 amide bonds. The Morgan fingerprint density at radius 2 is 1.69 bits per heavy atom. The highest BCUT2D eigenvalue weighted by atomic mass is 35.5. The highest BCUT2D eigenvalue weighted by molar-refractivity contribution is 5.85. The molecule has 0 aliphatic rings. The van der Waals surface area contributed by atoms with Crippen LogP contribution in [0.5, 0.6) is 5.75 Å². The topological polar surface area (TPSA) is 66.5 Å². The monoisotopic (exact) mass is 203 g/mol. The SMILES string of the molecule is CC(N)C(O)c1ccc(O)cc1.Cl. The van der Waals surface area contributed by atoms with Crippen LogP contribution < -0.4 is 5.73 Å². The van der Waals surface area contributed by atoms with Gasteiger partial charge in [-0.2, -0.15) is 0 Å². The molecule has 0 aromatic heterocycles. The lowest BCUT2D eigenvalue weighted by molar-refractivity contribution is 0.153. The lowest BCUT2D eigenvalue weighted by atomic mass is 10.0. The number of hydrogen-bond donors (Lipinski definition) is 3. The molecule has 0 spiro atoms. The van der Waals surface area contributed by atoms with Gasteiger partial charge < -0.3 is 15.9 Å². The highest BCUT2D eigenvalue weighted by Gasteiger charge is 2.11. The molecule has 0 aliphatic heterocycles. The Kier molecular flexibility index (Phi) is 4.77. The van der Waals surface area contributed by atoms with Crippen LogP contribution in [0.15, 0.2) is 24.3 Å². The first kappa shape index (κ1) is 12.2. The zero-order valence-electron chi connectivity index (χ0n) is 7.34. The standard InChI is InChI=1S/C9H13NO2.ClH/c1-6(10)9(12)7-2-4-8(11)5-3-7;/h2-6,9,11-12H,10H2,1H3;1H. The number of rotatable bonds is 2. The summed E-state index contributed by atoms with van der Waals surface area (Å²) in [4.78, 5) is 0. The number of aliphatic hydroxyl groups is 1. The average molecular weight is 204 g/mol. The lowest BCUT2D eigenvalue weighted by Gasteiger charge is -2.14. The summed E-state index contributed by atoms with van der Waals surface area (Å²) >= 11 is 0. The van der Waals surface area contributed by atoms with E-state index in [1.165, 1.54) is 12.1 Å². The molecule has 1 aromatic rings. The van der Waals surface area contributed by atoms with E-state index in [1.807, 2.05) is 0 Å². The molecule has 74 valence electrons. The van der Waals surface area contributed by atoms with E-state index >= 15 is 0 Å². The first-order valence-corrected chi connectivity index (χ1v) is 3.84. The maximum absolute atomic E-state index is 9.48. The largest absolute Gasteiger partial charge is 0.508 e. The molecule has 1 rings (SSSR count). The first-order valence-electron chi connectivity index (χ1n) is 3.84. The maximum atomic E-state index is 9.48. The summed E-state index contributed by atoms with van der Waals surface area (Å²) in [5.74, 6) is 0.190. The van der Waals surface area contributed by atoms with Crippen molar-refractivity contribution < 1.29 is 10.2 Å². The van der Waals surface area contributed by atoms with Crippen LogP contribution in [0.2, 0.25) is 0 Å². The second-order valence-electron chi connectivity index (χ2n) is 2.90. The van der Waals surface area contributed by atoms with Crippen molar-refractivity contribution in [3.8, 4) is 5.75 Å². The van der Waals surface area contributed by atoms with Crippen LogP contribution in [0.4, 0.5) is 0 Å². The Hall–Kier alpha value is -0.770. The van der Waals surface area contributed by atoms with Gasteiger partial charge in [-0.3, -0.25) is 0 Å². The predicted octanol–water partition coefficient (Wildman–Crippen LogP) is 1.19. The zero-order chi connectivity index (χ0) is 9.14. The van der Waals surface area contributed by atoms with Crippen LogP contribution in [0, 0.1) is 0 Å². The van der Waals surface area contributed by atoms with Gasteiger partial charge in [0.15, 0.2) is 0 Å². The van der Waals surface area contributed by atoms with E-state index in [0.29, 0.717) is 0 Å². The fourth-order valence-electron chi connectivity index (χ4n) is 0.975. The number of halogens is 1. The molecule has 4 heteroatoms. The van der Waals surface area contributed by atoms with E-state index in [2.05, 4.69) is 0 Å². The van der Waals surface area contributed by atoms with E-state index in [1.54, 1.807) is 19.1 Å². The molecule has 2 atom stereocenters. The van der Waals surface area contributed by atoms with Gasteiger partial charge in [-0.05, 0) is 24.6 Å². The minimum absolute atomic E-state index is 0. The van der Waals surface area contributed by atoms with E-state index in [-0.39, 0.29) is 24.2 Å². The Morgan fingerprint density at radius 3 is 2.08 bits per heavy atom. The third-order valence-corrected chi connectivity index (χ3v) is 1.73. The van der Waals surface area contributed by atoms with E-state index in [4.69, 9.17) is 10.8 Å². The van der Waals surface area contributed by atoms with Crippen molar-refractivity contribution in [3.05, 3.63) is 29.8 Å². The van der Waals surface area contributed by atoms with E-state index in [0.717, 1.165) is 5.56 Å². The van der Waals surface area contributed by atoms with Crippen molar-refractivity contribution in [1.29, 1.82) is 0 Å². The fourth-order valence-corrected chi connectivity index (χ4v) is 0.975. The Morgan fingerprint density at radius 1 is 1.23 bits per heavy atom. The lowest BCUT2D eigenvalue weighted by Crippen LogP contribution is -2.24. The summed E-state index contributed by atoms with van der Waals surface area (Å²) in [6.45, 7) is 1.73. The van der Waals surface area contributed by atoms with Crippen molar-refractivity contribution in [2.24, 2.45) is 5.73 Å². The predicted molar refractivity (Wildman–Crippen MR) is 54.0 cm³/mol. The second kappa shape index (κ2) is 5.07. The van der Waals surface area contributed by atoms with E-state index < -0.39 is 6.10 Å². The second-order valence-corrected chi connectivity index (χ2v) is 2.90. The van der Waals surface area contributed by atoms with Crippen LogP contribution in [0.1, 0.15) is 18.6 Å². The first-order chi connectivity index (χ1) is 5.61. The molecule has 0 aliphatic carbocycles. The normalized spacial score (nSPS) is 14.4. The molecule has 0 heterocycles. The summed E-state index contributed by atoms with van der Waals surface area (Å²) in [6, 6.07) is 6.07. The third kappa shape index (κ3) is 3.22. The van der Waals surface area contributed by atoms with Crippen molar-refractivity contribution >= 4 is 12.4 Å². The number of hydrogen-bond acceptors (Lipinski definition) is 3. The van der Waals surface area contributed by atoms with Gasteiger partial charge in [-0.1, -0.05) is 12.1 Å². The Bertz CT molecular complexity index is 248. The molecule has 3 nitrogen and oxygen atoms in total. The summed E-state index contributed by atoms with van der Waals surface area (Å²) in [5, 5.41) is 18.4. The molecule has 0 saturated carbocycles. The average Bonchev–Trinajstić information content (AvgIpc) is 2.04. The van der Waals surface area contributed by atoms with Gasteiger partial charge in [0.25, 0.3) is 0 Å². The van der Waals surface area contributed by atoms with Crippen LogP contribution in [-0.4, -0.2) is 16.3 Å². The van der Waals surface area contributed by atoms with Gasteiger partial charge in [0, 0.05) is 6.04 Å². The number of nitrogens with two attached hydrogens (primary N) is 1. The van der Waals surface area contributed by atoms with Crippen LogP contribution in [-0.2, 0) is 0 Å². The molecular formula is C9H14ClNO2. The molecule has 1 aromatic carbocycles. The van der Waals surface area contributed by atoms with Crippen molar-refractivity contribution in [2.45, 2.75) is 19.1 Å². The number of benzene rings is 1. The molecule has 0 radical (unpaired) electrons. The molecule has 0 fully saturated rings. The quantitative estimate of drug-likeness (QED) is 0.677. The van der Waals surface area contributed by atoms with Crippen molar-refractivity contribution in [3.63, 3.8) is 0 Å². The molecule has 2 unspecified atom stereocenters. The third-order valence-electron chi connectivity index (χ3n) is 1.73. The van der Waals surface area contributed by atoms with Crippen LogP contribution in [0.25, 0.3) is 0 Å². The molecule has 4 N–H and O–H groups in total. The summed E-state index contributed by atoms with van der Waals surface area (Å²) in [6.07, 6.45) is -0.661. The number of phenolic OH excluding ortho intramolecular Hbond substituents is 1. The molecule has 13 heavy (non-hydrogen) atoms. The fraction of sp³-hybridized carbons (Fsp3) is 0.333. The van der Waals surface area contributed by atoms with Gasteiger partial charge in [-0.25, -0.2) is 0 Å². The molecular weight excluding hydrogens is 190 g/mol. The maximum Gasteiger partial charge on any atom is 0.115 e. The van der Waals surface area contributed by atoms with Gasteiger partial charge in [-0.15, -0.1) is 12.4 Å². The number of aliphatic hydroxyl groups excluding tert-OH is 1. The van der Waals surface area contributed by atoms with Crippen LogP contribution >= 0.6 is 12.4 Å². The Balaban J connectivity index is 0.00000144. The summed E-state index contributed by atoms with van der Waals surface area (Å²) in [7, 11) is 0. The number of aromatic hydroxyl groups is 1. The highest BCUT2D eigenvalue weighted by Crippen LogP contribution is 2.18. The summed E-state index contributed by atoms with van der Waals surface area (Å²) in [5.41, 5.74) is 6.22. The van der Waals surface area contributed by atoms with Crippen LogP contribution in [0.3, 0.4) is 0 Å². The van der Waals surface area contributed by atoms with Crippen molar-refractivity contribution in [2.75, 3.05) is 0 Å². The molecule has 0 saturated heterocycles. The van der Waals surface area contributed by atoms with Gasteiger partial charge in [0.1, 0.15) is 5.75 Å². The zero-order valence-corrected chi connectivity index (χ0v) is 8.16.